The first kappa shape index (κ1) is 25.0. The zero-order valence-electron chi connectivity index (χ0n) is 20.4. The van der Waals surface area contributed by atoms with Crippen LogP contribution in [-0.2, 0) is 11.8 Å². The van der Waals surface area contributed by atoms with Crippen LogP contribution in [0, 0.1) is 5.82 Å². The zero-order valence-corrected chi connectivity index (χ0v) is 20.4. The maximum Gasteiger partial charge on any atom is 0.257 e. The van der Waals surface area contributed by atoms with Crippen LogP contribution in [0.5, 0.6) is 23.0 Å². The van der Waals surface area contributed by atoms with Crippen LogP contribution >= 0.6 is 0 Å². The largest absolute Gasteiger partial charge is 0.491 e. The Kier molecular flexibility index (Phi) is 7.39. The fourth-order valence-corrected chi connectivity index (χ4v) is 3.63. The van der Waals surface area contributed by atoms with Gasteiger partial charge in [0.1, 0.15) is 30.0 Å². The van der Waals surface area contributed by atoms with E-state index in [0.717, 1.165) is 6.07 Å². The van der Waals surface area contributed by atoms with Gasteiger partial charge in [0.15, 0.2) is 17.4 Å². The van der Waals surface area contributed by atoms with Crippen molar-refractivity contribution in [3.8, 4) is 23.0 Å². The van der Waals surface area contributed by atoms with Gasteiger partial charge in [-0.05, 0) is 25.1 Å². The van der Waals surface area contributed by atoms with Crippen molar-refractivity contribution in [1.29, 1.82) is 0 Å². The van der Waals surface area contributed by atoms with Crippen molar-refractivity contribution in [2.24, 2.45) is 7.05 Å². The van der Waals surface area contributed by atoms with E-state index >= 15 is 0 Å². The summed E-state index contributed by atoms with van der Waals surface area (Å²) in [5, 5.41) is 6.85. The summed E-state index contributed by atoms with van der Waals surface area (Å²) in [4.78, 5) is 26.9. The van der Waals surface area contributed by atoms with Crippen LogP contribution in [0.3, 0.4) is 0 Å². The molecular formula is C25H27FN4O6. The van der Waals surface area contributed by atoms with Crippen LogP contribution < -0.4 is 19.5 Å². The molecule has 1 atom stereocenters. The molecule has 190 valence electrons. The van der Waals surface area contributed by atoms with Gasteiger partial charge >= 0.3 is 0 Å². The van der Waals surface area contributed by atoms with E-state index in [-0.39, 0.29) is 47.0 Å². The first-order valence-electron chi connectivity index (χ1n) is 11.2. The molecule has 3 aromatic rings. The van der Waals surface area contributed by atoms with Gasteiger partial charge in [0.25, 0.3) is 11.8 Å². The molecule has 0 unspecified atom stereocenters. The number of rotatable bonds is 8. The molecule has 36 heavy (non-hydrogen) atoms. The predicted molar refractivity (Wildman–Crippen MR) is 128 cm³/mol. The number of carbonyl (C=O) groups is 2. The summed E-state index contributed by atoms with van der Waals surface area (Å²) in [5.41, 5.74) is 0.321. The number of aryl methyl sites for hydroxylation is 1. The summed E-state index contributed by atoms with van der Waals surface area (Å²) in [6.07, 6.45) is 1.37. The number of carbonyl (C=O) groups excluding carboxylic acids is 2. The second-order valence-corrected chi connectivity index (χ2v) is 8.36. The Balaban J connectivity index is 1.65. The number of benzene rings is 2. The fourth-order valence-electron chi connectivity index (χ4n) is 3.63. The monoisotopic (exact) mass is 498 g/mol. The van der Waals surface area contributed by atoms with Gasteiger partial charge in [-0.2, -0.15) is 5.10 Å². The molecule has 1 aliphatic heterocycles. The highest BCUT2D eigenvalue weighted by atomic mass is 19.1. The Hall–Kier alpha value is -4.12. The first-order chi connectivity index (χ1) is 17.2. The SMILES string of the molecule is COC[C@H](C)Oc1cc(Oc2cc3c(cc2F)C(=O)N(C)CCO3)cc(C(=O)Nc2ccn(C)n2)c1. The minimum Gasteiger partial charge on any atom is -0.491 e. The van der Waals surface area contributed by atoms with Gasteiger partial charge in [-0.1, -0.05) is 0 Å². The lowest BCUT2D eigenvalue weighted by Gasteiger charge is -2.17. The molecule has 0 radical (unpaired) electrons. The molecule has 0 saturated carbocycles. The summed E-state index contributed by atoms with van der Waals surface area (Å²) in [7, 11) is 4.91. The molecule has 0 saturated heterocycles. The quantitative estimate of drug-likeness (QED) is 0.507. The van der Waals surface area contributed by atoms with Gasteiger partial charge in [0, 0.05) is 51.2 Å². The minimum atomic E-state index is -0.750. The number of fused-ring (bicyclic) bond motifs is 1. The predicted octanol–water partition coefficient (Wildman–Crippen LogP) is 3.48. The zero-order chi connectivity index (χ0) is 25.8. The molecule has 0 bridgehead atoms. The smallest absolute Gasteiger partial charge is 0.257 e. The Morgan fingerprint density at radius 2 is 2.00 bits per heavy atom. The number of nitrogens with one attached hydrogen (secondary N) is 1. The number of ether oxygens (including phenoxy) is 4. The van der Waals surface area contributed by atoms with E-state index in [1.807, 2.05) is 6.92 Å². The number of methoxy groups -OCH3 is 1. The lowest BCUT2D eigenvalue weighted by atomic mass is 10.1. The van der Waals surface area contributed by atoms with Crippen molar-refractivity contribution in [2.45, 2.75) is 13.0 Å². The molecule has 11 heteroatoms. The summed E-state index contributed by atoms with van der Waals surface area (Å²) >= 11 is 0. The fraction of sp³-hybridized carbons (Fsp3) is 0.320. The summed E-state index contributed by atoms with van der Waals surface area (Å²) in [5.74, 6) is -0.649. The molecule has 4 rings (SSSR count). The van der Waals surface area contributed by atoms with E-state index < -0.39 is 11.7 Å². The number of anilines is 1. The summed E-state index contributed by atoms with van der Waals surface area (Å²) < 4.78 is 39.0. The number of hydrogen-bond acceptors (Lipinski definition) is 7. The maximum absolute atomic E-state index is 15.0. The highest BCUT2D eigenvalue weighted by molar-refractivity contribution is 6.04. The van der Waals surface area contributed by atoms with E-state index in [9.17, 15) is 14.0 Å². The van der Waals surface area contributed by atoms with E-state index in [4.69, 9.17) is 18.9 Å². The second-order valence-electron chi connectivity index (χ2n) is 8.36. The third-order valence-electron chi connectivity index (χ3n) is 5.36. The van der Waals surface area contributed by atoms with E-state index in [1.54, 1.807) is 44.2 Å². The number of hydrogen-bond donors (Lipinski definition) is 1. The Labute approximate surface area is 207 Å². The highest BCUT2D eigenvalue weighted by Crippen LogP contribution is 2.35. The van der Waals surface area contributed by atoms with Crippen LogP contribution in [0.25, 0.3) is 0 Å². The molecular weight excluding hydrogens is 471 g/mol. The van der Waals surface area contributed by atoms with Gasteiger partial charge in [-0.3, -0.25) is 14.3 Å². The third kappa shape index (κ3) is 5.74. The number of likely N-dealkylation sites (N-methyl/N-ethyl adjacent to an activating group) is 1. The Morgan fingerprint density at radius 1 is 1.22 bits per heavy atom. The molecule has 2 aromatic carbocycles. The number of aromatic nitrogens is 2. The molecule has 1 N–H and O–H groups in total. The lowest BCUT2D eigenvalue weighted by molar-refractivity contribution is 0.0796. The lowest BCUT2D eigenvalue weighted by Crippen LogP contribution is -2.27. The van der Waals surface area contributed by atoms with Crippen molar-refractivity contribution in [2.75, 3.05) is 39.2 Å². The van der Waals surface area contributed by atoms with E-state index in [1.165, 1.54) is 23.1 Å². The second kappa shape index (κ2) is 10.6. The van der Waals surface area contributed by atoms with Crippen LogP contribution in [0.15, 0.2) is 42.6 Å². The van der Waals surface area contributed by atoms with Crippen LogP contribution in [0.1, 0.15) is 27.6 Å². The summed E-state index contributed by atoms with van der Waals surface area (Å²) in [6.45, 7) is 2.76. The van der Waals surface area contributed by atoms with Crippen molar-refractivity contribution in [3.05, 3.63) is 59.5 Å². The normalized spacial score (nSPS) is 13.9. The van der Waals surface area contributed by atoms with Gasteiger partial charge in [0.2, 0.25) is 0 Å². The topological polar surface area (TPSA) is 104 Å². The molecule has 0 aliphatic carbocycles. The van der Waals surface area contributed by atoms with Crippen LogP contribution in [0.4, 0.5) is 10.2 Å². The highest BCUT2D eigenvalue weighted by Gasteiger charge is 2.24. The summed E-state index contributed by atoms with van der Waals surface area (Å²) in [6, 6.07) is 8.61. The Morgan fingerprint density at radius 3 is 2.72 bits per heavy atom. The molecule has 1 aromatic heterocycles. The molecule has 1 aliphatic rings. The number of halogens is 1. The molecule has 2 amide bonds. The molecule has 2 heterocycles. The van der Waals surface area contributed by atoms with Crippen molar-refractivity contribution in [1.82, 2.24) is 14.7 Å². The number of nitrogens with zero attached hydrogens (tertiary/aromatic N) is 3. The van der Waals surface area contributed by atoms with Crippen molar-refractivity contribution < 1.29 is 32.9 Å². The van der Waals surface area contributed by atoms with Crippen LogP contribution in [0.2, 0.25) is 0 Å². The average molecular weight is 499 g/mol. The first-order valence-corrected chi connectivity index (χ1v) is 11.2. The van der Waals surface area contributed by atoms with Gasteiger partial charge in [0.05, 0.1) is 18.7 Å². The van der Waals surface area contributed by atoms with Crippen molar-refractivity contribution >= 4 is 17.6 Å². The number of amides is 2. The maximum atomic E-state index is 15.0. The van der Waals surface area contributed by atoms with E-state index in [2.05, 4.69) is 10.4 Å². The molecule has 0 fully saturated rings. The van der Waals surface area contributed by atoms with E-state index in [0.29, 0.717) is 24.7 Å². The third-order valence-corrected chi connectivity index (χ3v) is 5.36. The average Bonchev–Trinajstić information content (AvgIpc) is 3.18. The standard InChI is InChI=1S/C25H27FN4O6/c1-15(14-33-4)35-17-9-16(24(31)27-23-5-6-30(3)28-23)10-18(11-17)36-22-13-21-19(12-20(22)26)25(32)29(2)7-8-34-21/h5-6,9-13,15H,7-8,14H2,1-4H3,(H,27,28,31)/t15-/m0/s1. The molecule has 10 nitrogen and oxygen atoms in total. The van der Waals surface area contributed by atoms with Crippen molar-refractivity contribution in [3.63, 3.8) is 0 Å². The Bertz CT molecular complexity index is 1280. The van der Waals surface area contributed by atoms with Gasteiger partial charge in [-0.15, -0.1) is 0 Å². The van der Waals surface area contributed by atoms with Gasteiger partial charge in [-0.25, -0.2) is 4.39 Å². The van der Waals surface area contributed by atoms with Crippen LogP contribution in [-0.4, -0.2) is 66.5 Å². The van der Waals surface area contributed by atoms with Gasteiger partial charge < -0.3 is 29.2 Å². The minimum absolute atomic E-state index is 0.112. The molecule has 0 spiro atoms.